The van der Waals surface area contributed by atoms with E-state index >= 15 is 0 Å². The number of halogens is 1. The first kappa shape index (κ1) is 9.76. The van der Waals surface area contributed by atoms with Crippen molar-refractivity contribution in [1.82, 2.24) is 0 Å². The third-order valence-electron chi connectivity index (χ3n) is 1.54. The van der Waals surface area contributed by atoms with Gasteiger partial charge in [0, 0.05) is 14.7 Å². The average molecular weight is 244 g/mol. The van der Waals surface area contributed by atoms with Crippen LogP contribution >= 0.6 is 27.3 Å². The molecule has 0 amide bonds. The smallest absolute Gasteiger partial charge is 0.102 e. The van der Waals surface area contributed by atoms with Crippen molar-refractivity contribution in [3.8, 4) is 6.07 Å². The molecule has 0 saturated heterocycles. The van der Waals surface area contributed by atoms with Gasteiger partial charge in [-0.1, -0.05) is 20.8 Å². The highest BCUT2D eigenvalue weighted by Crippen LogP contribution is 2.35. The van der Waals surface area contributed by atoms with Crippen LogP contribution < -0.4 is 0 Å². The topological polar surface area (TPSA) is 23.8 Å². The highest BCUT2D eigenvalue weighted by atomic mass is 79.9. The van der Waals surface area contributed by atoms with Gasteiger partial charge >= 0.3 is 0 Å². The summed E-state index contributed by atoms with van der Waals surface area (Å²) < 4.78 is 0.917. The van der Waals surface area contributed by atoms with E-state index in [1.54, 1.807) is 11.3 Å². The molecule has 0 radical (unpaired) electrons. The van der Waals surface area contributed by atoms with E-state index in [-0.39, 0.29) is 5.41 Å². The quantitative estimate of drug-likeness (QED) is 0.682. The normalized spacial score (nSPS) is 11.2. The summed E-state index contributed by atoms with van der Waals surface area (Å²) in [7, 11) is 0. The van der Waals surface area contributed by atoms with Gasteiger partial charge in [0.1, 0.15) is 6.07 Å². The molecule has 0 saturated carbocycles. The largest absolute Gasteiger partial charge is 0.192 e. The molecule has 0 spiro atoms. The van der Waals surface area contributed by atoms with Gasteiger partial charge in [-0.05, 0) is 21.3 Å². The fraction of sp³-hybridized carbons (Fsp3) is 0.444. The molecule has 1 rings (SSSR count). The van der Waals surface area contributed by atoms with Gasteiger partial charge in [0.05, 0.1) is 5.56 Å². The number of hydrogen-bond acceptors (Lipinski definition) is 2. The molecule has 64 valence electrons. The van der Waals surface area contributed by atoms with Gasteiger partial charge in [0.2, 0.25) is 0 Å². The Bertz CT molecular complexity index is 327. The number of nitriles is 1. The maximum absolute atomic E-state index is 8.88. The van der Waals surface area contributed by atoms with Crippen LogP contribution in [0.3, 0.4) is 0 Å². The van der Waals surface area contributed by atoms with Crippen LogP contribution in [0.2, 0.25) is 0 Å². The minimum atomic E-state index is 0.0712. The maximum Gasteiger partial charge on any atom is 0.102 e. The Morgan fingerprint density at radius 3 is 2.42 bits per heavy atom. The molecule has 0 aliphatic heterocycles. The first-order chi connectivity index (χ1) is 5.46. The van der Waals surface area contributed by atoms with E-state index in [2.05, 4.69) is 42.8 Å². The summed E-state index contributed by atoms with van der Waals surface area (Å²) >= 11 is 5.00. The van der Waals surface area contributed by atoms with Crippen molar-refractivity contribution in [3.63, 3.8) is 0 Å². The molecule has 0 atom stereocenters. The Morgan fingerprint density at radius 1 is 1.50 bits per heavy atom. The minimum absolute atomic E-state index is 0.0712. The van der Waals surface area contributed by atoms with Gasteiger partial charge < -0.3 is 0 Å². The van der Waals surface area contributed by atoms with Crippen molar-refractivity contribution in [1.29, 1.82) is 5.26 Å². The Labute approximate surface area is 85.2 Å². The van der Waals surface area contributed by atoms with E-state index in [0.29, 0.717) is 0 Å². The molecular formula is C9H10BrNS. The highest BCUT2D eigenvalue weighted by molar-refractivity contribution is 9.10. The SMILES string of the molecule is CC(C)(C)c1scc(Br)c1C#N. The van der Waals surface area contributed by atoms with Crippen molar-refractivity contribution in [2.45, 2.75) is 26.2 Å². The zero-order valence-electron chi connectivity index (χ0n) is 7.31. The summed E-state index contributed by atoms with van der Waals surface area (Å²) in [5.74, 6) is 0. The van der Waals surface area contributed by atoms with Gasteiger partial charge in [0.15, 0.2) is 0 Å². The molecule has 0 aromatic carbocycles. The molecule has 1 aromatic heterocycles. The van der Waals surface area contributed by atoms with Crippen LogP contribution in [0.15, 0.2) is 9.85 Å². The number of thiophene rings is 1. The van der Waals surface area contributed by atoms with E-state index < -0.39 is 0 Å². The van der Waals surface area contributed by atoms with E-state index in [0.717, 1.165) is 14.9 Å². The monoisotopic (exact) mass is 243 g/mol. The molecule has 0 aliphatic carbocycles. The molecule has 0 aliphatic rings. The van der Waals surface area contributed by atoms with Crippen molar-refractivity contribution in [3.05, 3.63) is 20.3 Å². The van der Waals surface area contributed by atoms with Crippen molar-refractivity contribution < 1.29 is 0 Å². The van der Waals surface area contributed by atoms with Gasteiger partial charge in [-0.3, -0.25) is 0 Å². The Morgan fingerprint density at radius 2 is 2.08 bits per heavy atom. The molecule has 0 N–H and O–H groups in total. The van der Waals surface area contributed by atoms with E-state index in [4.69, 9.17) is 5.26 Å². The summed E-state index contributed by atoms with van der Waals surface area (Å²) in [5, 5.41) is 10.8. The first-order valence-electron chi connectivity index (χ1n) is 3.64. The number of rotatable bonds is 0. The van der Waals surface area contributed by atoms with Crippen LogP contribution in [0.5, 0.6) is 0 Å². The van der Waals surface area contributed by atoms with Gasteiger partial charge in [0.25, 0.3) is 0 Å². The van der Waals surface area contributed by atoms with E-state index in [1.165, 1.54) is 0 Å². The first-order valence-corrected chi connectivity index (χ1v) is 5.31. The van der Waals surface area contributed by atoms with Crippen LogP contribution in [0.25, 0.3) is 0 Å². The zero-order valence-corrected chi connectivity index (χ0v) is 9.71. The maximum atomic E-state index is 8.88. The van der Waals surface area contributed by atoms with Gasteiger partial charge in [-0.15, -0.1) is 11.3 Å². The molecule has 12 heavy (non-hydrogen) atoms. The van der Waals surface area contributed by atoms with Gasteiger partial charge in [-0.25, -0.2) is 0 Å². The van der Waals surface area contributed by atoms with Crippen LogP contribution in [0.1, 0.15) is 31.2 Å². The second-order valence-corrected chi connectivity index (χ2v) is 5.38. The fourth-order valence-corrected chi connectivity index (χ4v) is 2.66. The van der Waals surface area contributed by atoms with Crippen LogP contribution in [-0.4, -0.2) is 0 Å². The highest BCUT2D eigenvalue weighted by Gasteiger charge is 2.21. The number of nitrogens with zero attached hydrogens (tertiary/aromatic N) is 1. The molecule has 1 heterocycles. The second kappa shape index (κ2) is 3.20. The Kier molecular flexibility index (Phi) is 2.60. The summed E-state index contributed by atoms with van der Waals surface area (Å²) in [5.41, 5.74) is 0.856. The zero-order chi connectivity index (χ0) is 9.35. The minimum Gasteiger partial charge on any atom is -0.192 e. The molecule has 0 fully saturated rings. The molecule has 0 bridgehead atoms. The summed E-state index contributed by atoms with van der Waals surface area (Å²) in [6.45, 7) is 6.35. The molecule has 1 nitrogen and oxygen atoms in total. The van der Waals surface area contributed by atoms with Gasteiger partial charge in [-0.2, -0.15) is 5.26 Å². The van der Waals surface area contributed by atoms with Crippen molar-refractivity contribution in [2.75, 3.05) is 0 Å². The molecule has 3 heteroatoms. The molecule has 1 aromatic rings. The lowest BCUT2D eigenvalue weighted by molar-refractivity contribution is 0.602. The van der Waals surface area contributed by atoms with E-state index in [1.807, 2.05) is 5.38 Å². The summed E-state index contributed by atoms with van der Waals surface area (Å²) in [6, 6.07) is 2.21. The Hall–Kier alpha value is -0.330. The second-order valence-electron chi connectivity index (χ2n) is 3.65. The average Bonchev–Trinajstić information content (AvgIpc) is 2.29. The molecular weight excluding hydrogens is 234 g/mol. The summed E-state index contributed by atoms with van der Waals surface area (Å²) in [6.07, 6.45) is 0. The lowest BCUT2D eigenvalue weighted by Gasteiger charge is -2.16. The third kappa shape index (κ3) is 1.70. The third-order valence-corrected chi connectivity index (χ3v) is 3.87. The Balaban J connectivity index is 3.28. The van der Waals surface area contributed by atoms with Crippen molar-refractivity contribution in [2.24, 2.45) is 0 Å². The summed E-state index contributed by atoms with van der Waals surface area (Å²) in [4.78, 5) is 1.15. The van der Waals surface area contributed by atoms with Crippen LogP contribution in [0, 0.1) is 11.3 Å². The lowest BCUT2D eigenvalue weighted by atomic mass is 9.92. The van der Waals surface area contributed by atoms with E-state index in [9.17, 15) is 0 Å². The standard InChI is InChI=1S/C9H10BrNS/c1-9(2,3)8-6(4-11)7(10)5-12-8/h5H,1-3H3. The fourth-order valence-electron chi connectivity index (χ4n) is 0.993. The number of hydrogen-bond donors (Lipinski definition) is 0. The predicted octanol–water partition coefficient (Wildman–Crippen LogP) is 3.68. The molecule has 0 unspecified atom stereocenters. The predicted molar refractivity (Wildman–Crippen MR) is 55.4 cm³/mol. The lowest BCUT2D eigenvalue weighted by Crippen LogP contribution is -2.10. The van der Waals surface area contributed by atoms with Crippen LogP contribution in [0.4, 0.5) is 0 Å². The van der Waals surface area contributed by atoms with Crippen LogP contribution in [-0.2, 0) is 5.41 Å². The van der Waals surface area contributed by atoms with Crippen molar-refractivity contribution >= 4 is 27.3 Å².